The Hall–Kier alpha value is -2.07. The number of benzene rings is 1. The zero-order valence-electron chi connectivity index (χ0n) is 11.5. The van der Waals surface area contributed by atoms with Crippen molar-refractivity contribution in [3.05, 3.63) is 53.2 Å². The van der Waals surface area contributed by atoms with Gasteiger partial charge in [-0.05, 0) is 25.1 Å². The van der Waals surface area contributed by atoms with E-state index >= 15 is 0 Å². The molecule has 0 radical (unpaired) electrons. The van der Waals surface area contributed by atoms with E-state index in [0.717, 1.165) is 22.4 Å². The minimum absolute atomic E-state index is 0.182. The van der Waals surface area contributed by atoms with Gasteiger partial charge in [0.15, 0.2) is 0 Å². The number of hydrogen-bond donors (Lipinski definition) is 1. The normalized spacial score (nSPS) is 20.9. The summed E-state index contributed by atoms with van der Waals surface area (Å²) in [6.45, 7) is 2.01. The molecule has 1 aromatic carbocycles. The Bertz CT molecular complexity index is 610. The average molecular weight is 271 g/mol. The van der Waals surface area contributed by atoms with Crippen LogP contribution in [0.4, 0.5) is 0 Å². The molecular formula is C16H17NO3. The minimum Gasteiger partial charge on any atom is -0.485 e. The number of ether oxygens (including phenoxy) is 2. The van der Waals surface area contributed by atoms with E-state index in [2.05, 4.69) is 4.98 Å². The Morgan fingerprint density at radius 3 is 2.85 bits per heavy atom. The maximum absolute atomic E-state index is 10.3. The van der Waals surface area contributed by atoms with Gasteiger partial charge in [0.2, 0.25) is 5.88 Å². The van der Waals surface area contributed by atoms with E-state index in [9.17, 15) is 5.11 Å². The zero-order chi connectivity index (χ0) is 14.1. The van der Waals surface area contributed by atoms with Crippen molar-refractivity contribution in [3.8, 4) is 11.6 Å². The average Bonchev–Trinajstić information content (AvgIpc) is 2.48. The van der Waals surface area contributed by atoms with E-state index < -0.39 is 6.10 Å². The van der Waals surface area contributed by atoms with Crippen molar-refractivity contribution in [2.45, 2.75) is 25.6 Å². The van der Waals surface area contributed by atoms with Crippen LogP contribution in [0.5, 0.6) is 11.6 Å². The highest BCUT2D eigenvalue weighted by molar-refractivity contribution is 5.41. The lowest BCUT2D eigenvalue weighted by Crippen LogP contribution is -2.19. The molecule has 0 saturated carbocycles. The van der Waals surface area contributed by atoms with E-state index in [4.69, 9.17) is 9.47 Å². The third kappa shape index (κ3) is 2.34. The van der Waals surface area contributed by atoms with E-state index in [1.165, 1.54) is 0 Å². The zero-order valence-corrected chi connectivity index (χ0v) is 11.5. The number of fused-ring (bicyclic) bond motifs is 1. The van der Waals surface area contributed by atoms with Gasteiger partial charge in [-0.15, -0.1) is 0 Å². The monoisotopic (exact) mass is 271 g/mol. The second-order valence-electron chi connectivity index (χ2n) is 5.03. The van der Waals surface area contributed by atoms with Gasteiger partial charge in [-0.1, -0.05) is 11.6 Å². The number of hydrogen-bond acceptors (Lipinski definition) is 4. The predicted octanol–water partition coefficient (Wildman–Crippen LogP) is 2.96. The quantitative estimate of drug-likeness (QED) is 0.912. The molecule has 2 heterocycles. The number of aliphatic hydroxyl groups is 1. The largest absolute Gasteiger partial charge is 0.485 e. The SMILES string of the molecule is COc1ccc(C2CC(O)c3cc(C)ccc3O2)cn1. The molecule has 0 aliphatic carbocycles. The summed E-state index contributed by atoms with van der Waals surface area (Å²) in [7, 11) is 1.58. The van der Waals surface area contributed by atoms with Crippen LogP contribution in [0.1, 0.15) is 35.3 Å². The van der Waals surface area contributed by atoms with Gasteiger partial charge in [0.05, 0.1) is 13.2 Å². The van der Waals surface area contributed by atoms with E-state index in [1.807, 2.05) is 31.2 Å². The number of nitrogens with zero attached hydrogens (tertiary/aromatic N) is 1. The van der Waals surface area contributed by atoms with Crippen LogP contribution in [-0.4, -0.2) is 17.2 Å². The molecule has 0 amide bonds. The van der Waals surface area contributed by atoms with Gasteiger partial charge in [-0.25, -0.2) is 4.98 Å². The summed E-state index contributed by atoms with van der Waals surface area (Å²) in [6.07, 6.45) is 1.57. The first-order chi connectivity index (χ1) is 9.67. The van der Waals surface area contributed by atoms with Gasteiger partial charge < -0.3 is 14.6 Å². The Kier molecular flexibility index (Phi) is 3.32. The van der Waals surface area contributed by atoms with Crippen molar-refractivity contribution in [1.82, 2.24) is 4.98 Å². The number of methoxy groups -OCH3 is 1. The summed E-state index contributed by atoms with van der Waals surface area (Å²) in [6, 6.07) is 9.60. The van der Waals surface area contributed by atoms with Crippen molar-refractivity contribution in [1.29, 1.82) is 0 Å². The maximum Gasteiger partial charge on any atom is 0.212 e. The first kappa shape index (κ1) is 12.9. The molecule has 2 aromatic rings. The number of aryl methyl sites for hydroxylation is 1. The lowest BCUT2D eigenvalue weighted by molar-refractivity contribution is 0.0655. The fourth-order valence-electron chi connectivity index (χ4n) is 2.47. The van der Waals surface area contributed by atoms with Gasteiger partial charge in [-0.3, -0.25) is 0 Å². The third-order valence-corrected chi connectivity index (χ3v) is 3.57. The Balaban J connectivity index is 1.88. The molecule has 2 unspecified atom stereocenters. The summed E-state index contributed by atoms with van der Waals surface area (Å²) in [5.74, 6) is 1.32. The summed E-state index contributed by atoms with van der Waals surface area (Å²) < 4.78 is 11.0. The standard InChI is InChI=1S/C16H17NO3/c1-10-3-5-14-12(7-10)13(18)8-15(20-14)11-4-6-16(19-2)17-9-11/h3-7,9,13,15,18H,8H2,1-2H3. The molecule has 0 bridgehead atoms. The highest BCUT2D eigenvalue weighted by Gasteiger charge is 2.28. The molecule has 0 spiro atoms. The summed E-state index contributed by atoms with van der Waals surface area (Å²) in [5.41, 5.74) is 2.93. The van der Waals surface area contributed by atoms with Crippen molar-refractivity contribution in [2.24, 2.45) is 0 Å². The number of aliphatic hydroxyl groups excluding tert-OH is 1. The van der Waals surface area contributed by atoms with Crippen molar-refractivity contribution < 1.29 is 14.6 Å². The first-order valence-electron chi connectivity index (χ1n) is 6.62. The molecule has 1 aliphatic heterocycles. The predicted molar refractivity (Wildman–Crippen MR) is 74.9 cm³/mol. The van der Waals surface area contributed by atoms with Crippen LogP contribution in [0.2, 0.25) is 0 Å². The summed E-state index contributed by atoms with van der Waals surface area (Å²) in [5, 5.41) is 10.3. The molecule has 20 heavy (non-hydrogen) atoms. The minimum atomic E-state index is -0.509. The van der Waals surface area contributed by atoms with Crippen molar-refractivity contribution >= 4 is 0 Å². The molecule has 1 N–H and O–H groups in total. The molecule has 2 atom stereocenters. The molecular weight excluding hydrogens is 254 g/mol. The molecule has 1 aromatic heterocycles. The van der Waals surface area contributed by atoms with E-state index in [1.54, 1.807) is 19.4 Å². The van der Waals surface area contributed by atoms with Crippen LogP contribution in [-0.2, 0) is 0 Å². The highest BCUT2D eigenvalue weighted by Crippen LogP contribution is 2.40. The third-order valence-electron chi connectivity index (χ3n) is 3.57. The highest BCUT2D eigenvalue weighted by atomic mass is 16.5. The summed E-state index contributed by atoms with van der Waals surface area (Å²) in [4.78, 5) is 4.18. The van der Waals surface area contributed by atoms with Gasteiger partial charge in [0.1, 0.15) is 11.9 Å². The van der Waals surface area contributed by atoms with Gasteiger partial charge >= 0.3 is 0 Å². The van der Waals surface area contributed by atoms with Gasteiger partial charge in [0, 0.05) is 29.8 Å². The summed E-state index contributed by atoms with van der Waals surface area (Å²) >= 11 is 0. The van der Waals surface area contributed by atoms with Crippen LogP contribution < -0.4 is 9.47 Å². The lowest BCUT2D eigenvalue weighted by Gasteiger charge is -2.30. The van der Waals surface area contributed by atoms with Gasteiger partial charge in [0.25, 0.3) is 0 Å². The molecule has 104 valence electrons. The van der Waals surface area contributed by atoms with Crippen LogP contribution >= 0.6 is 0 Å². The Morgan fingerprint density at radius 1 is 1.30 bits per heavy atom. The van der Waals surface area contributed by atoms with Crippen LogP contribution in [0.25, 0.3) is 0 Å². The Labute approximate surface area is 118 Å². The first-order valence-corrected chi connectivity index (χ1v) is 6.62. The second-order valence-corrected chi connectivity index (χ2v) is 5.03. The van der Waals surface area contributed by atoms with E-state index in [0.29, 0.717) is 12.3 Å². The van der Waals surface area contributed by atoms with Crippen LogP contribution in [0.3, 0.4) is 0 Å². The van der Waals surface area contributed by atoms with Crippen molar-refractivity contribution in [2.75, 3.05) is 7.11 Å². The smallest absolute Gasteiger partial charge is 0.212 e. The number of aromatic nitrogens is 1. The van der Waals surface area contributed by atoms with E-state index in [-0.39, 0.29) is 6.10 Å². The molecule has 0 saturated heterocycles. The molecule has 1 aliphatic rings. The fraction of sp³-hybridized carbons (Fsp3) is 0.312. The molecule has 3 rings (SSSR count). The van der Waals surface area contributed by atoms with Crippen LogP contribution in [0, 0.1) is 6.92 Å². The van der Waals surface area contributed by atoms with Crippen LogP contribution in [0.15, 0.2) is 36.5 Å². The number of rotatable bonds is 2. The molecule has 4 heteroatoms. The van der Waals surface area contributed by atoms with Gasteiger partial charge in [-0.2, -0.15) is 0 Å². The van der Waals surface area contributed by atoms with Crippen molar-refractivity contribution in [3.63, 3.8) is 0 Å². The fourth-order valence-corrected chi connectivity index (χ4v) is 2.47. The second kappa shape index (κ2) is 5.13. The molecule has 0 fully saturated rings. The number of pyridine rings is 1. The lowest BCUT2D eigenvalue weighted by atomic mass is 9.95. The molecule has 4 nitrogen and oxygen atoms in total. The Morgan fingerprint density at radius 2 is 2.15 bits per heavy atom. The topological polar surface area (TPSA) is 51.6 Å². The maximum atomic E-state index is 10.3.